The number of aromatic nitrogens is 2. The van der Waals surface area contributed by atoms with Gasteiger partial charge in [0.2, 0.25) is 17.7 Å². The molecule has 0 aliphatic carbocycles. The molecule has 0 bridgehead atoms. The summed E-state index contributed by atoms with van der Waals surface area (Å²) in [5.41, 5.74) is 0.557. The van der Waals surface area contributed by atoms with E-state index in [0.717, 1.165) is 4.90 Å². The van der Waals surface area contributed by atoms with Crippen LogP contribution in [-0.2, 0) is 15.0 Å². The Hall–Kier alpha value is -1.77. The average Bonchev–Trinajstić information content (AvgIpc) is 2.70. The third-order valence-corrected chi connectivity index (χ3v) is 3.87. The Labute approximate surface area is 109 Å². The number of hydrogen-bond donors (Lipinski definition) is 0. The van der Waals surface area contributed by atoms with Gasteiger partial charge in [0.15, 0.2) is 0 Å². The second-order valence-electron chi connectivity index (χ2n) is 4.16. The van der Waals surface area contributed by atoms with Crippen molar-refractivity contribution < 1.29 is 21.8 Å². The topological polar surface area (TPSA) is 89.5 Å². The smallest absolute Gasteiger partial charge is 0.307 e. The lowest BCUT2D eigenvalue weighted by Gasteiger charge is -2.14. The largest absolute Gasteiger partial charge is 0.481 e. The summed E-state index contributed by atoms with van der Waals surface area (Å²) in [6, 6.07) is 1.56. The predicted molar refractivity (Wildman–Crippen MR) is 64.1 cm³/mol. The highest BCUT2D eigenvalue weighted by Crippen LogP contribution is 2.24. The van der Waals surface area contributed by atoms with E-state index in [4.69, 9.17) is 4.74 Å². The normalized spacial score (nSPS) is 19.8. The first-order valence-electron chi connectivity index (χ1n) is 5.45. The SMILES string of the molecule is COc1cc(C)nc(N2CC(S(=O)(=O)F)CC2=O)n1. The van der Waals surface area contributed by atoms with Crippen LogP contribution < -0.4 is 9.64 Å². The Morgan fingerprint density at radius 1 is 1.47 bits per heavy atom. The van der Waals surface area contributed by atoms with Crippen LogP contribution in [-0.4, -0.2) is 43.2 Å². The van der Waals surface area contributed by atoms with Gasteiger partial charge in [0.05, 0.1) is 7.11 Å². The molecular weight excluding hydrogens is 277 g/mol. The average molecular weight is 289 g/mol. The van der Waals surface area contributed by atoms with Gasteiger partial charge in [-0.1, -0.05) is 0 Å². The maximum atomic E-state index is 12.9. The van der Waals surface area contributed by atoms with Crippen LogP contribution in [0, 0.1) is 6.92 Å². The third kappa shape index (κ3) is 2.80. The number of nitrogens with zero attached hydrogens (tertiary/aromatic N) is 3. The molecule has 2 rings (SSSR count). The number of amides is 1. The van der Waals surface area contributed by atoms with Crippen LogP contribution in [0.3, 0.4) is 0 Å². The predicted octanol–water partition coefficient (Wildman–Crippen LogP) is 0.198. The number of methoxy groups -OCH3 is 1. The van der Waals surface area contributed by atoms with E-state index < -0.39 is 27.8 Å². The molecule has 1 aromatic heterocycles. The van der Waals surface area contributed by atoms with Gasteiger partial charge in [-0.25, -0.2) is 4.98 Å². The van der Waals surface area contributed by atoms with E-state index >= 15 is 0 Å². The number of rotatable bonds is 3. The summed E-state index contributed by atoms with van der Waals surface area (Å²) < 4.78 is 39.5. The molecule has 0 N–H and O–H groups in total. The number of carbonyl (C=O) groups is 1. The molecule has 9 heteroatoms. The summed E-state index contributed by atoms with van der Waals surface area (Å²) in [6.07, 6.45) is -0.404. The van der Waals surface area contributed by atoms with Crippen LogP contribution in [0.15, 0.2) is 6.07 Å². The maximum absolute atomic E-state index is 12.9. The van der Waals surface area contributed by atoms with Crippen molar-refractivity contribution >= 4 is 22.1 Å². The molecule has 1 aliphatic rings. The molecule has 104 valence electrons. The Morgan fingerprint density at radius 2 is 2.16 bits per heavy atom. The minimum absolute atomic E-state index is 0.0213. The zero-order chi connectivity index (χ0) is 14.2. The number of halogens is 1. The van der Waals surface area contributed by atoms with Crippen LogP contribution in [0.1, 0.15) is 12.1 Å². The quantitative estimate of drug-likeness (QED) is 0.738. The number of ether oxygens (including phenoxy) is 1. The molecule has 1 saturated heterocycles. The van der Waals surface area contributed by atoms with Gasteiger partial charge in [0.1, 0.15) is 5.25 Å². The van der Waals surface area contributed by atoms with Gasteiger partial charge in [-0.15, -0.1) is 3.89 Å². The molecule has 0 spiro atoms. The molecule has 1 aliphatic heterocycles. The zero-order valence-electron chi connectivity index (χ0n) is 10.3. The Kier molecular flexibility index (Phi) is 3.40. The maximum Gasteiger partial charge on any atom is 0.307 e. The standard InChI is InChI=1S/C10H12FN3O4S/c1-6-3-8(18-2)13-10(12-6)14-5-7(4-9(14)15)19(11,16)17/h3,7H,4-5H2,1-2H3. The number of anilines is 1. The second-order valence-corrected chi connectivity index (χ2v) is 5.78. The van der Waals surface area contributed by atoms with Crippen molar-refractivity contribution in [2.24, 2.45) is 0 Å². The summed E-state index contributed by atoms with van der Waals surface area (Å²) in [7, 11) is -3.34. The van der Waals surface area contributed by atoms with Crippen LogP contribution in [0.2, 0.25) is 0 Å². The minimum atomic E-state index is -4.75. The third-order valence-electron chi connectivity index (χ3n) is 2.76. The van der Waals surface area contributed by atoms with Gasteiger partial charge in [-0.3, -0.25) is 9.69 Å². The monoisotopic (exact) mass is 289 g/mol. The Balaban J connectivity index is 2.33. The van der Waals surface area contributed by atoms with E-state index in [-0.39, 0.29) is 18.4 Å². The van der Waals surface area contributed by atoms with E-state index in [0.29, 0.717) is 5.69 Å². The van der Waals surface area contributed by atoms with Crippen molar-refractivity contribution in [3.8, 4) is 5.88 Å². The van der Waals surface area contributed by atoms with E-state index in [1.165, 1.54) is 7.11 Å². The van der Waals surface area contributed by atoms with Gasteiger partial charge >= 0.3 is 10.2 Å². The second kappa shape index (κ2) is 4.72. The van der Waals surface area contributed by atoms with Crippen molar-refractivity contribution in [2.45, 2.75) is 18.6 Å². The highest BCUT2D eigenvalue weighted by Gasteiger charge is 2.40. The number of carbonyl (C=O) groups excluding carboxylic acids is 1. The molecule has 0 saturated carbocycles. The first kappa shape index (κ1) is 13.7. The van der Waals surface area contributed by atoms with E-state index in [2.05, 4.69) is 9.97 Å². The van der Waals surface area contributed by atoms with Gasteiger partial charge in [0.25, 0.3) is 0 Å². The van der Waals surface area contributed by atoms with Crippen molar-refractivity contribution in [2.75, 3.05) is 18.6 Å². The van der Waals surface area contributed by atoms with Gasteiger partial charge in [-0.2, -0.15) is 13.4 Å². The van der Waals surface area contributed by atoms with E-state index in [9.17, 15) is 17.1 Å². The lowest BCUT2D eigenvalue weighted by atomic mass is 10.4. The van der Waals surface area contributed by atoms with Gasteiger partial charge in [0, 0.05) is 24.7 Å². The molecule has 2 heterocycles. The summed E-state index contributed by atoms with van der Waals surface area (Å²) >= 11 is 0. The van der Waals surface area contributed by atoms with Crippen LogP contribution in [0.4, 0.5) is 9.83 Å². The molecule has 1 amide bonds. The molecule has 1 atom stereocenters. The Bertz CT molecular complexity index is 619. The first-order chi connectivity index (χ1) is 8.81. The Morgan fingerprint density at radius 3 is 2.68 bits per heavy atom. The molecule has 7 nitrogen and oxygen atoms in total. The van der Waals surface area contributed by atoms with Crippen LogP contribution in [0.25, 0.3) is 0 Å². The lowest BCUT2D eigenvalue weighted by molar-refractivity contribution is -0.117. The van der Waals surface area contributed by atoms with Crippen LogP contribution in [0.5, 0.6) is 5.88 Å². The summed E-state index contributed by atoms with van der Waals surface area (Å²) in [6.45, 7) is 1.39. The molecular formula is C10H12FN3O4S. The van der Waals surface area contributed by atoms with Crippen molar-refractivity contribution in [1.82, 2.24) is 9.97 Å². The van der Waals surface area contributed by atoms with E-state index in [1.54, 1.807) is 13.0 Å². The van der Waals surface area contributed by atoms with Crippen LogP contribution >= 0.6 is 0 Å². The lowest BCUT2D eigenvalue weighted by Crippen LogP contribution is -2.28. The number of aryl methyl sites for hydroxylation is 1. The van der Waals surface area contributed by atoms with Gasteiger partial charge in [-0.05, 0) is 6.92 Å². The summed E-state index contributed by atoms with van der Waals surface area (Å²) in [5.74, 6) is -0.256. The fraction of sp³-hybridized carbons (Fsp3) is 0.500. The van der Waals surface area contributed by atoms with E-state index in [1.807, 2.05) is 0 Å². The fourth-order valence-electron chi connectivity index (χ4n) is 1.81. The molecule has 0 aromatic carbocycles. The zero-order valence-corrected chi connectivity index (χ0v) is 11.1. The highest BCUT2D eigenvalue weighted by molar-refractivity contribution is 7.87. The first-order valence-corrected chi connectivity index (χ1v) is 6.89. The minimum Gasteiger partial charge on any atom is -0.481 e. The van der Waals surface area contributed by atoms with Crippen molar-refractivity contribution in [3.63, 3.8) is 0 Å². The fourth-order valence-corrected chi connectivity index (χ4v) is 2.48. The van der Waals surface area contributed by atoms with Gasteiger partial charge < -0.3 is 4.74 Å². The molecule has 0 radical (unpaired) electrons. The molecule has 1 aromatic rings. The van der Waals surface area contributed by atoms with Crippen molar-refractivity contribution in [1.29, 1.82) is 0 Å². The number of hydrogen-bond acceptors (Lipinski definition) is 6. The molecule has 1 fully saturated rings. The summed E-state index contributed by atoms with van der Waals surface area (Å²) in [4.78, 5) is 20.8. The molecule has 1 unspecified atom stereocenters. The van der Waals surface area contributed by atoms with Crippen molar-refractivity contribution in [3.05, 3.63) is 11.8 Å². The summed E-state index contributed by atoms with van der Waals surface area (Å²) in [5, 5.41) is -1.37. The molecule has 19 heavy (non-hydrogen) atoms. The highest BCUT2D eigenvalue weighted by atomic mass is 32.3.